The maximum Gasteiger partial charge on any atom is 0.323 e. The number of aliphatic carboxylic acids is 1. The summed E-state index contributed by atoms with van der Waals surface area (Å²) in [5.74, 6) is 0.0182. The van der Waals surface area contributed by atoms with Crippen LogP contribution in [0.3, 0.4) is 0 Å². The molecule has 0 amide bonds. The molecule has 1 aliphatic carbocycles. The lowest BCUT2D eigenvalue weighted by Crippen LogP contribution is -2.58. The molecule has 1 N–H and O–H groups in total. The van der Waals surface area contributed by atoms with Crippen molar-refractivity contribution in [1.82, 2.24) is 9.21 Å². The quantitative estimate of drug-likeness (QED) is 0.304. The maximum atomic E-state index is 13.6. The Morgan fingerprint density at radius 2 is 1.54 bits per heavy atom. The summed E-state index contributed by atoms with van der Waals surface area (Å²) in [6.45, 7) is 3.26. The third-order valence-corrected chi connectivity index (χ3v) is 10.6. The minimum atomic E-state index is -4.00. The van der Waals surface area contributed by atoms with Crippen LogP contribution in [0.1, 0.15) is 50.6 Å². The molecule has 0 bridgehead atoms. The number of carbonyl (C=O) groups is 1. The molecule has 1 heterocycles. The van der Waals surface area contributed by atoms with E-state index in [-0.39, 0.29) is 24.0 Å². The van der Waals surface area contributed by atoms with Gasteiger partial charge < -0.3 is 9.84 Å². The van der Waals surface area contributed by atoms with Crippen molar-refractivity contribution in [3.8, 4) is 16.9 Å². The van der Waals surface area contributed by atoms with Gasteiger partial charge in [-0.25, -0.2) is 8.42 Å². The summed E-state index contributed by atoms with van der Waals surface area (Å²) in [4.78, 5) is 14.4. The summed E-state index contributed by atoms with van der Waals surface area (Å²) in [5, 5.41) is 10.7. The highest BCUT2D eigenvalue weighted by Crippen LogP contribution is 2.30. The molecule has 2 fully saturated rings. The molecule has 1 saturated heterocycles. The summed E-state index contributed by atoms with van der Waals surface area (Å²) in [7, 11) is -4.00. The van der Waals surface area contributed by atoms with E-state index in [9.17, 15) is 18.3 Å². The summed E-state index contributed by atoms with van der Waals surface area (Å²) < 4.78 is 34.2. The van der Waals surface area contributed by atoms with Gasteiger partial charge in [0.2, 0.25) is 10.0 Å². The molecule has 0 aromatic heterocycles. The predicted molar refractivity (Wildman–Crippen MR) is 161 cm³/mol. The molecule has 41 heavy (non-hydrogen) atoms. The van der Waals surface area contributed by atoms with Gasteiger partial charge in [-0.3, -0.25) is 9.69 Å². The Hall–Kier alpha value is -2.91. The number of carboxylic acids is 1. The van der Waals surface area contributed by atoms with Crippen LogP contribution in [-0.2, 0) is 14.8 Å². The molecule has 0 spiro atoms. The van der Waals surface area contributed by atoms with Crippen LogP contribution in [0.2, 0.25) is 5.02 Å². The average molecular weight is 597 g/mol. The molecule has 0 radical (unpaired) electrons. The monoisotopic (exact) mass is 596 g/mol. The van der Waals surface area contributed by atoms with Gasteiger partial charge in [-0.15, -0.1) is 0 Å². The molecule has 218 valence electrons. The number of hydrogen-bond acceptors (Lipinski definition) is 5. The predicted octanol–water partition coefficient (Wildman–Crippen LogP) is 6.49. The van der Waals surface area contributed by atoms with Crippen LogP contribution < -0.4 is 4.74 Å². The van der Waals surface area contributed by atoms with Crippen molar-refractivity contribution in [2.24, 2.45) is 5.92 Å². The van der Waals surface area contributed by atoms with Crippen LogP contribution in [0, 0.1) is 5.92 Å². The lowest BCUT2D eigenvalue weighted by atomic mass is 9.90. The van der Waals surface area contributed by atoms with Gasteiger partial charge in [0.15, 0.2) is 0 Å². The second-order valence-corrected chi connectivity index (χ2v) is 13.4. The summed E-state index contributed by atoms with van der Waals surface area (Å²) >= 11 is 6.01. The molecular weight excluding hydrogens is 560 g/mol. The van der Waals surface area contributed by atoms with Gasteiger partial charge in [0.1, 0.15) is 11.8 Å². The molecule has 1 saturated carbocycles. The number of sulfonamides is 1. The molecule has 7 nitrogen and oxygen atoms in total. The standard InChI is InChI=1S/C32H37ClN2O5S/c1-23(25-7-9-26(10-8-25)27-11-13-28(33)14-12-27)34-19-20-35(31(21-34)32(36)37)41(38,39)30-17-15-29(16-18-30)40-22-24-5-3-2-4-6-24/h7-18,23-24,31H,2-6,19-22H2,1H3,(H,36,37)/t23-,31+/m1/s1. The van der Waals surface area contributed by atoms with Crippen molar-refractivity contribution >= 4 is 27.6 Å². The highest BCUT2D eigenvalue weighted by atomic mass is 35.5. The first-order chi connectivity index (χ1) is 19.7. The molecule has 2 aliphatic rings. The van der Waals surface area contributed by atoms with Gasteiger partial charge in [0.25, 0.3) is 0 Å². The van der Waals surface area contributed by atoms with Crippen molar-refractivity contribution in [3.63, 3.8) is 0 Å². The second-order valence-electron chi connectivity index (χ2n) is 11.1. The van der Waals surface area contributed by atoms with Gasteiger partial charge in [-0.2, -0.15) is 4.31 Å². The third-order valence-electron chi connectivity index (χ3n) is 8.41. The fourth-order valence-corrected chi connectivity index (χ4v) is 7.54. The normalized spacial score (nSPS) is 20.0. The first-order valence-corrected chi connectivity index (χ1v) is 16.1. The van der Waals surface area contributed by atoms with Crippen molar-refractivity contribution in [2.75, 3.05) is 26.2 Å². The smallest absolute Gasteiger partial charge is 0.323 e. The maximum absolute atomic E-state index is 13.6. The first-order valence-electron chi connectivity index (χ1n) is 14.3. The number of ether oxygens (including phenoxy) is 1. The lowest BCUT2D eigenvalue weighted by Gasteiger charge is -2.41. The number of nitrogens with zero attached hydrogens (tertiary/aromatic N) is 2. The zero-order valence-corrected chi connectivity index (χ0v) is 24.9. The largest absolute Gasteiger partial charge is 0.493 e. The minimum absolute atomic E-state index is 0.0769. The van der Waals surface area contributed by atoms with Crippen LogP contribution >= 0.6 is 11.6 Å². The topological polar surface area (TPSA) is 87.2 Å². The van der Waals surface area contributed by atoms with Gasteiger partial charge in [0.05, 0.1) is 11.5 Å². The van der Waals surface area contributed by atoms with E-state index in [1.807, 2.05) is 60.4 Å². The number of halogens is 1. The Morgan fingerprint density at radius 1 is 0.927 bits per heavy atom. The van der Waals surface area contributed by atoms with Crippen molar-refractivity contribution < 1.29 is 23.1 Å². The number of hydrogen-bond donors (Lipinski definition) is 1. The lowest BCUT2D eigenvalue weighted by molar-refractivity contribution is -0.143. The SMILES string of the molecule is C[C@H](c1ccc(-c2ccc(Cl)cc2)cc1)N1CCN(S(=O)(=O)c2ccc(OCC3CCCCC3)cc2)[C@H](C(=O)O)C1. The Kier molecular flexibility index (Phi) is 9.34. The van der Waals surface area contributed by atoms with Gasteiger partial charge in [-0.1, -0.05) is 67.3 Å². The highest BCUT2D eigenvalue weighted by molar-refractivity contribution is 7.89. The molecule has 3 aromatic rings. The van der Waals surface area contributed by atoms with Crippen molar-refractivity contribution in [2.45, 2.75) is 56.0 Å². The molecule has 5 rings (SSSR count). The van der Waals surface area contributed by atoms with E-state index in [2.05, 4.69) is 0 Å². The molecule has 3 aromatic carbocycles. The van der Waals surface area contributed by atoms with Crippen LogP contribution in [0.25, 0.3) is 11.1 Å². The molecular formula is C32H37ClN2O5S. The van der Waals surface area contributed by atoms with Gasteiger partial charge >= 0.3 is 5.97 Å². The fourth-order valence-electron chi connectivity index (χ4n) is 5.85. The number of rotatable bonds is 9. The van der Waals surface area contributed by atoms with E-state index in [0.717, 1.165) is 21.0 Å². The van der Waals surface area contributed by atoms with E-state index < -0.39 is 22.0 Å². The van der Waals surface area contributed by atoms with E-state index in [1.54, 1.807) is 12.1 Å². The van der Waals surface area contributed by atoms with Crippen LogP contribution in [0.15, 0.2) is 77.7 Å². The van der Waals surface area contributed by atoms with Crippen LogP contribution in [-0.4, -0.2) is 61.0 Å². The second kappa shape index (κ2) is 12.9. The Labute approximate surface area is 247 Å². The zero-order chi connectivity index (χ0) is 29.0. The van der Waals surface area contributed by atoms with E-state index in [1.165, 1.54) is 44.2 Å². The Bertz CT molecular complexity index is 1420. The van der Waals surface area contributed by atoms with E-state index >= 15 is 0 Å². The Morgan fingerprint density at radius 3 is 2.15 bits per heavy atom. The van der Waals surface area contributed by atoms with Gasteiger partial charge in [-0.05, 0) is 78.8 Å². The van der Waals surface area contributed by atoms with E-state index in [0.29, 0.717) is 29.8 Å². The summed E-state index contributed by atoms with van der Waals surface area (Å²) in [6, 6.07) is 20.9. The number of benzene rings is 3. The first kappa shape index (κ1) is 29.6. The molecule has 9 heteroatoms. The summed E-state index contributed by atoms with van der Waals surface area (Å²) in [6.07, 6.45) is 6.09. The Balaban J connectivity index is 1.24. The molecule has 1 aliphatic heterocycles. The number of piperazine rings is 1. The van der Waals surface area contributed by atoms with Gasteiger partial charge in [0, 0.05) is 30.7 Å². The van der Waals surface area contributed by atoms with Crippen molar-refractivity contribution in [3.05, 3.63) is 83.4 Å². The minimum Gasteiger partial charge on any atom is -0.493 e. The highest BCUT2D eigenvalue weighted by Gasteiger charge is 2.41. The summed E-state index contributed by atoms with van der Waals surface area (Å²) in [5.41, 5.74) is 3.15. The third kappa shape index (κ3) is 6.95. The van der Waals surface area contributed by atoms with Crippen molar-refractivity contribution in [1.29, 1.82) is 0 Å². The number of carboxylic acid groups (broad SMARTS) is 1. The zero-order valence-electron chi connectivity index (χ0n) is 23.3. The molecule has 2 atom stereocenters. The van der Waals surface area contributed by atoms with E-state index in [4.69, 9.17) is 16.3 Å². The molecule has 0 unspecified atom stereocenters. The average Bonchev–Trinajstić information content (AvgIpc) is 3.00. The fraction of sp³-hybridized carbons (Fsp3) is 0.406. The van der Waals surface area contributed by atoms with Crippen LogP contribution in [0.5, 0.6) is 5.75 Å². The van der Waals surface area contributed by atoms with Crippen LogP contribution in [0.4, 0.5) is 0 Å².